The lowest BCUT2D eigenvalue weighted by Gasteiger charge is -2.21. The lowest BCUT2D eigenvalue weighted by molar-refractivity contribution is 0.0375. The predicted octanol–water partition coefficient (Wildman–Crippen LogP) is 2.89. The maximum Gasteiger partial charge on any atom is 0.0679 e. The Morgan fingerprint density at radius 2 is 2.00 bits per heavy atom. The van der Waals surface area contributed by atoms with Gasteiger partial charge in [-0.3, -0.25) is 0 Å². The van der Waals surface area contributed by atoms with Crippen LogP contribution in [-0.4, -0.2) is 13.2 Å². The molecule has 13 heavy (non-hydrogen) atoms. The second kappa shape index (κ2) is 7.34. The molecule has 0 spiro atoms. The van der Waals surface area contributed by atoms with Crippen molar-refractivity contribution in [1.29, 1.82) is 0 Å². The molecule has 1 aliphatic carbocycles. The first-order valence-corrected chi connectivity index (χ1v) is 5.78. The third kappa shape index (κ3) is 5.27. The van der Waals surface area contributed by atoms with E-state index in [1.165, 1.54) is 38.5 Å². The molecule has 0 amide bonds. The van der Waals surface area contributed by atoms with Gasteiger partial charge in [-0.05, 0) is 18.8 Å². The normalized spacial score (nSPS) is 19.2. The quantitative estimate of drug-likeness (QED) is 0.507. The average Bonchev–Trinajstić information content (AvgIpc) is 2.19. The summed E-state index contributed by atoms with van der Waals surface area (Å²) in [5, 5.41) is 0. The van der Waals surface area contributed by atoms with E-state index in [-0.39, 0.29) is 0 Å². The second-order valence-electron chi connectivity index (χ2n) is 4.04. The summed E-state index contributed by atoms with van der Waals surface area (Å²) in [6, 6.07) is 0. The van der Waals surface area contributed by atoms with Crippen molar-refractivity contribution in [2.24, 2.45) is 5.92 Å². The van der Waals surface area contributed by atoms with Crippen LogP contribution in [-0.2, 0) is 4.84 Å². The Kier molecular flexibility index (Phi) is 6.21. The van der Waals surface area contributed by atoms with Crippen LogP contribution in [0.15, 0.2) is 0 Å². The minimum Gasteiger partial charge on any atom is -0.302 e. The third-order valence-electron chi connectivity index (χ3n) is 2.79. The van der Waals surface area contributed by atoms with E-state index in [9.17, 15) is 0 Å². The van der Waals surface area contributed by atoms with Crippen molar-refractivity contribution in [2.75, 3.05) is 13.2 Å². The van der Waals surface area contributed by atoms with Crippen molar-refractivity contribution in [2.45, 2.75) is 51.9 Å². The van der Waals surface area contributed by atoms with Gasteiger partial charge in [0.05, 0.1) is 6.61 Å². The highest BCUT2D eigenvalue weighted by Gasteiger charge is 2.12. The maximum atomic E-state index is 5.22. The zero-order valence-electron chi connectivity index (χ0n) is 8.85. The molecular weight excluding hydrogens is 162 g/mol. The first-order valence-electron chi connectivity index (χ1n) is 5.78. The molecule has 1 rings (SSSR count). The van der Waals surface area contributed by atoms with Crippen LogP contribution in [0.1, 0.15) is 51.9 Å². The number of hydroxylamine groups is 1. The molecular formula is C11H23NO. The SMILES string of the molecule is CCCONCCC1CCCCC1. The van der Waals surface area contributed by atoms with Crippen molar-refractivity contribution in [3.05, 3.63) is 0 Å². The van der Waals surface area contributed by atoms with Gasteiger partial charge in [-0.15, -0.1) is 0 Å². The summed E-state index contributed by atoms with van der Waals surface area (Å²) in [7, 11) is 0. The van der Waals surface area contributed by atoms with Crippen LogP contribution in [0.3, 0.4) is 0 Å². The third-order valence-corrected chi connectivity index (χ3v) is 2.79. The smallest absolute Gasteiger partial charge is 0.0679 e. The topological polar surface area (TPSA) is 21.3 Å². The largest absolute Gasteiger partial charge is 0.302 e. The molecule has 1 aliphatic rings. The molecule has 0 aromatic carbocycles. The molecule has 0 unspecified atom stereocenters. The molecule has 0 radical (unpaired) electrons. The van der Waals surface area contributed by atoms with Gasteiger partial charge in [0.15, 0.2) is 0 Å². The summed E-state index contributed by atoms with van der Waals surface area (Å²) in [6.45, 7) is 4.00. The number of nitrogens with one attached hydrogen (secondary N) is 1. The van der Waals surface area contributed by atoms with Crippen molar-refractivity contribution in [1.82, 2.24) is 5.48 Å². The molecule has 1 saturated carbocycles. The van der Waals surface area contributed by atoms with Crippen molar-refractivity contribution in [3.63, 3.8) is 0 Å². The molecule has 2 nitrogen and oxygen atoms in total. The summed E-state index contributed by atoms with van der Waals surface area (Å²) in [5.74, 6) is 0.964. The second-order valence-corrected chi connectivity index (χ2v) is 4.04. The Balaban J connectivity index is 1.86. The fourth-order valence-corrected chi connectivity index (χ4v) is 1.99. The van der Waals surface area contributed by atoms with Crippen LogP contribution >= 0.6 is 0 Å². The lowest BCUT2D eigenvalue weighted by atomic mass is 9.87. The Morgan fingerprint density at radius 1 is 1.23 bits per heavy atom. The lowest BCUT2D eigenvalue weighted by Crippen LogP contribution is -2.20. The predicted molar refractivity (Wildman–Crippen MR) is 55.4 cm³/mol. The zero-order valence-corrected chi connectivity index (χ0v) is 8.85. The first-order chi connectivity index (χ1) is 6.43. The van der Waals surface area contributed by atoms with E-state index in [0.29, 0.717) is 0 Å². The van der Waals surface area contributed by atoms with Crippen LogP contribution in [0.5, 0.6) is 0 Å². The molecule has 0 aromatic rings. The molecule has 0 atom stereocenters. The van der Waals surface area contributed by atoms with Gasteiger partial charge in [0.1, 0.15) is 0 Å². The van der Waals surface area contributed by atoms with E-state index >= 15 is 0 Å². The highest BCUT2D eigenvalue weighted by Crippen LogP contribution is 2.25. The molecule has 1 fully saturated rings. The van der Waals surface area contributed by atoms with Crippen molar-refractivity contribution >= 4 is 0 Å². The van der Waals surface area contributed by atoms with Gasteiger partial charge < -0.3 is 4.84 Å². The number of hydrogen-bond donors (Lipinski definition) is 1. The highest BCUT2D eigenvalue weighted by atomic mass is 16.6. The zero-order chi connectivity index (χ0) is 9.36. The molecule has 2 heteroatoms. The summed E-state index contributed by atoms with van der Waals surface area (Å²) in [4.78, 5) is 5.22. The molecule has 0 aromatic heterocycles. The van der Waals surface area contributed by atoms with Crippen LogP contribution in [0, 0.1) is 5.92 Å². The molecule has 0 heterocycles. The average molecular weight is 185 g/mol. The molecule has 78 valence electrons. The standard InChI is InChI=1S/C11H23NO/c1-2-10-13-12-9-8-11-6-4-3-5-7-11/h11-12H,2-10H2,1H3. The summed E-state index contributed by atoms with van der Waals surface area (Å²) in [6.07, 6.45) is 9.61. The number of rotatable bonds is 6. The van der Waals surface area contributed by atoms with Gasteiger partial charge in [-0.1, -0.05) is 39.0 Å². The van der Waals surface area contributed by atoms with Gasteiger partial charge in [0, 0.05) is 6.54 Å². The fourth-order valence-electron chi connectivity index (χ4n) is 1.99. The van der Waals surface area contributed by atoms with E-state index in [4.69, 9.17) is 4.84 Å². The molecule has 0 aliphatic heterocycles. The van der Waals surface area contributed by atoms with E-state index in [1.807, 2.05) is 0 Å². The van der Waals surface area contributed by atoms with Gasteiger partial charge in [-0.2, -0.15) is 0 Å². The maximum absolute atomic E-state index is 5.22. The van der Waals surface area contributed by atoms with Gasteiger partial charge in [0.2, 0.25) is 0 Å². The van der Waals surface area contributed by atoms with E-state index < -0.39 is 0 Å². The van der Waals surface area contributed by atoms with Crippen LogP contribution in [0.25, 0.3) is 0 Å². The van der Waals surface area contributed by atoms with Crippen LogP contribution in [0.4, 0.5) is 0 Å². The summed E-state index contributed by atoms with van der Waals surface area (Å²) < 4.78 is 0. The summed E-state index contributed by atoms with van der Waals surface area (Å²) >= 11 is 0. The molecule has 0 bridgehead atoms. The summed E-state index contributed by atoms with van der Waals surface area (Å²) in [5.41, 5.74) is 3.03. The fraction of sp³-hybridized carbons (Fsp3) is 1.00. The molecule has 0 saturated heterocycles. The highest BCUT2D eigenvalue weighted by molar-refractivity contribution is 4.65. The van der Waals surface area contributed by atoms with E-state index in [0.717, 1.165) is 25.5 Å². The Bertz CT molecular complexity index is 111. The van der Waals surface area contributed by atoms with Crippen molar-refractivity contribution < 1.29 is 4.84 Å². The monoisotopic (exact) mass is 185 g/mol. The Morgan fingerprint density at radius 3 is 2.69 bits per heavy atom. The number of hydrogen-bond acceptors (Lipinski definition) is 2. The minimum absolute atomic E-state index is 0.838. The first kappa shape index (κ1) is 11.0. The van der Waals surface area contributed by atoms with Crippen LogP contribution < -0.4 is 5.48 Å². The van der Waals surface area contributed by atoms with Gasteiger partial charge >= 0.3 is 0 Å². The van der Waals surface area contributed by atoms with Gasteiger partial charge in [-0.25, -0.2) is 5.48 Å². The molecule has 1 N–H and O–H groups in total. The van der Waals surface area contributed by atoms with Crippen molar-refractivity contribution in [3.8, 4) is 0 Å². The Hall–Kier alpha value is -0.0800. The van der Waals surface area contributed by atoms with Gasteiger partial charge in [0.25, 0.3) is 0 Å². The van der Waals surface area contributed by atoms with Crippen LogP contribution in [0.2, 0.25) is 0 Å². The van der Waals surface area contributed by atoms with E-state index in [1.54, 1.807) is 0 Å². The Labute approximate surface area is 82.0 Å². The minimum atomic E-state index is 0.838. The van der Waals surface area contributed by atoms with E-state index in [2.05, 4.69) is 12.4 Å².